The minimum absolute atomic E-state index is 0.237. The summed E-state index contributed by atoms with van der Waals surface area (Å²) >= 11 is 0. The van der Waals surface area contributed by atoms with Gasteiger partial charge in [-0.25, -0.2) is 0 Å². The summed E-state index contributed by atoms with van der Waals surface area (Å²) < 4.78 is 36.0. The van der Waals surface area contributed by atoms with E-state index >= 15 is 0 Å². The molecule has 2 aromatic carbocycles. The van der Waals surface area contributed by atoms with Gasteiger partial charge in [0.25, 0.3) is 10.1 Å². The van der Waals surface area contributed by atoms with Crippen LogP contribution in [0, 0.1) is 6.92 Å². The maximum absolute atomic E-state index is 12.8. The molecule has 0 saturated carbocycles. The molecule has 0 spiro atoms. The van der Waals surface area contributed by atoms with Gasteiger partial charge in [-0.15, -0.1) is 0 Å². The van der Waals surface area contributed by atoms with Crippen LogP contribution in [0.5, 0.6) is 0 Å². The third-order valence-electron chi connectivity index (χ3n) is 11.9. The summed E-state index contributed by atoms with van der Waals surface area (Å²) in [6, 6.07) is 10.7. The van der Waals surface area contributed by atoms with Crippen LogP contribution in [0.25, 0.3) is 12.2 Å². The smallest absolute Gasteiger partial charge is 0.295 e. The Morgan fingerprint density at radius 2 is 0.820 bits per heavy atom. The van der Waals surface area contributed by atoms with E-state index in [4.69, 9.17) is 29.9 Å². The lowest BCUT2D eigenvalue weighted by molar-refractivity contribution is 0.308. The predicted octanol–water partition coefficient (Wildman–Crippen LogP) is 2.28. The number of aryl methyl sites for hydroxylation is 1. The summed E-state index contributed by atoms with van der Waals surface area (Å²) in [5, 5.41) is 6.63. The molecule has 4 aromatic rings. The molecule has 4 aliphatic rings. The van der Waals surface area contributed by atoms with Crippen LogP contribution in [0.1, 0.15) is 16.7 Å². The highest BCUT2D eigenvalue weighted by molar-refractivity contribution is 7.86. The van der Waals surface area contributed by atoms with Crippen LogP contribution in [0.2, 0.25) is 0 Å². The molecule has 6 heterocycles. The zero-order valence-corrected chi connectivity index (χ0v) is 36.7. The topological polar surface area (TPSA) is 182 Å². The van der Waals surface area contributed by atoms with Crippen LogP contribution in [-0.2, 0) is 10.1 Å². The Morgan fingerprint density at radius 3 is 1.16 bits per heavy atom. The number of hydrogen-bond donors (Lipinski definition) is 3. The Kier molecular flexibility index (Phi) is 12.8. The van der Waals surface area contributed by atoms with Gasteiger partial charge in [-0.05, 0) is 76.1 Å². The third-order valence-corrected chi connectivity index (χ3v) is 12.8. The van der Waals surface area contributed by atoms with Crippen molar-refractivity contribution >= 4 is 69.3 Å². The molecule has 4 aliphatic heterocycles. The van der Waals surface area contributed by atoms with Gasteiger partial charge in [0, 0.05) is 116 Å². The van der Waals surface area contributed by atoms with Gasteiger partial charge >= 0.3 is 0 Å². The van der Waals surface area contributed by atoms with Crippen LogP contribution < -0.4 is 30.2 Å². The summed E-state index contributed by atoms with van der Waals surface area (Å²) in [6.45, 7) is 15.8. The molecule has 4 fully saturated rings. The lowest BCUT2D eigenvalue weighted by Gasteiger charge is -2.34. The third kappa shape index (κ3) is 10.6. The molecule has 0 bridgehead atoms. The van der Waals surface area contributed by atoms with Crippen molar-refractivity contribution < 1.29 is 13.0 Å². The van der Waals surface area contributed by atoms with E-state index in [9.17, 15) is 13.0 Å². The van der Waals surface area contributed by atoms with E-state index in [1.165, 1.54) is 6.07 Å². The first kappa shape index (κ1) is 42.4. The predicted molar refractivity (Wildman–Crippen MR) is 241 cm³/mol. The first-order chi connectivity index (χ1) is 29.3. The van der Waals surface area contributed by atoms with Crippen molar-refractivity contribution in [3.63, 3.8) is 0 Å². The van der Waals surface area contributed by atoms with E-state index in [1.807, 2.05) is 31.2 Å². The summed E-state index contributed by atoms with van der Waals surface area (Å²) in [5.41, 5.74) is 3.39. The maximum atomic E-state index is 12.8. The van der Waals surface area contributed by atoms with Gasteiger partial charge in [-0.3, -0.25) is 4.55 Å². The summed E-state index contributed by atoms with van der Waals surface area (Å²) in [6.07, 6.45) is 3.53. The van der Waals surface area contributed by atoms with Crippen molar-refractivity contribution in [1.29, 1.82) is 0 Å². The number of hydrogen-bond acceptors (Lipinski definition) is 18. The van der Waals surface area contributed by atoms with E-state index in [0.717, 1.165) is 122 Å². The van der Waals surface area contributed by atoms with E-state index in [1.54, 1.807) is 18.2 Å². The van der Waals surface area contributed by atoms with Crippen molar-refractivity contribution in [2.75, 3.05) is 163 Å². The van der Waals surface area contributed by atoms with Crippen LogP contribution in [0.3, 0.4) is 0 Å². The first-order valence-corrected chi connectivity index (χ1v) is 22.5. The van der Waals surface area contributed by atoms with Crippen molar-refractivity contribution in [1.82, 2.24) is 49.5 Å². The molecule has 2 aromatic heterocycles. The van der Waals surface area contributed by atoms with E-state index in [2.05, 4.69) is 78.0 Å². The summed E-state index contributed by atoms with van der Waals surface area (Å²) in [5.74, 6) is 3.27. The summed E-state index contributed by atoms with van der Waals surface area (Å²) in [7, 11) is 3.85. The number of rotatable bonds is 11. The van der Waals surface area contributed by atoms with Crippen molar-refractivity contribution in [3.05, 3.63) is 53.1 Å². The van der Waals surface area contributed by atoms with E-state index in [-0.39, 0.29) is 4.90 Å². The monoisotopic (exact) mass is 854 g/mol. The fourth-order valence-corrected chi connectivity index (χ4v) is 8.47. The fourth-order valence-electron chi connectivity index (χ4n) is 7.76. The molecule has 19 nitrogen and oxygen atoms in total. The Hall–Kier alpha value is -5.25. The molecule has 326 valence electrons. The molecule has 4 saturated heterocycles. The Morgan fingerprint density at radius 1 is 0.492 bits per heavy atom. The van der Waals surface area contributed by atoms with Crippen molar-refractivity contribution in [2.24, 2.45) is 0 Å². The molecule has 20 heteroatoms. The quantitative estimate of drug-likeness (QED) is 0.148. The van der Waals surface area contributed by atoms with Gasteiger partial charge in [0.15, 0.2) is 0 Å². The number of nitrogens with one attached hydrogen (secondary N) is 2. The van der Waals surface area contributed by atoms with Gasteiger partial charge in [0.05, 0.1) is 0 Å². The average Bonchev–Trinajstić information content (AvgIpc) is 3.24. The minimum Gasteiger partial charge on any atom is -0.338 e. The van der Waals surface area contributed by atoms with Gasteiger partial charge in [0.2, 0.25) is 35.7 Å². The van der Waals surface area contributed by atoms with Gasteiger partial charge in [-0.2, -0.15) is 38.3 Å². The molecule has 61 heavy (non-hydrogen) atoms. The largest absolute Gasteiger partial charge is 0.338 e. The lowest BCUT2D eigenvalue weighted by atomic mass is 10.1. The standard InChI is InChI=1S/C41H58N16O3S/c1-30-28-33(42-36-44-38(54-20-12-50(2)13-21-54)48-39(45-36)55-22-14-51(3)15-23-55)10-8-31(30)6-7-32-9-11-34(29-35(32)61(58,59)60)43-37-46-40(56-24-16-52(4)17-25-56)49-41(47-37)57-26-18-53(5)19-27-57/h6-11,28-29H,12-27H2,1-5H3,(H,58,59,60)(H,42,44,45,48)(H,43,46,47,49)/b7-6+. The van der Waals surface area contributed by atoms with E-state index < -0.39 is 10.1 Å². The fraction of sp³-hybridized carbons (Fsp3) is 0.512. The zero-order chi connectivity index (χ0) is 42.7. The highest BCUT2D eigenvalue weighted by Gasteiger charge is 2.25. The average molecular weight is 855 g/mol. The second-order valence-corrected chi connectivity index (χ2v) is 18.0. The molecule has 0 aliphatic carbocycles. The molecule has 0 unspecified atom stereocenters. The molecular formula is C41H58N16O3S. The number of aromatic nitrogens is 6. The molecule has 0 atom stereocenters. The zero-order valence-electron chi connectivity index (χ0n) is 35.9. The van der Waals surface area contributed by atoms with E-state index in [0.29, 0.717) is 46.9 Å². The SMILES string of the molecule is Cc1cc(Nc2nc(N3CCN(C)CC3)nc(N3CCN(C)CC3)n2)ccc1/C=C/c1ccc(Nc2nc(N3CCN(C)CC3)nc(N3CCN(C)CC3)n2)cc1S(=O)(=O)O. The van der Waals surface area contributed by atoms with Gasteiger partial charge in [0.1, 0.15) is 4.90 Å². The highest BCUT2D eigenvalue weighted by Crippen LogP contribution is 2.28. The number of benzene rings is 2. The molecule has 0 amide bonds. The van der Waals surface area contributed by atoms with Crippen LogP contribution in [0.15, 0.2) is 41.3 Å². The number of likely N-dealkylation sites (N-methyl/N-ethyl adjacent to an activating group) is 4. The second-order valence-electron chi connectivity index (χ2n) is 16.6. The Balaban J connectivity index is 1.01. The molecule has 0 radical (unpaired) electrons. The minimum atomic E-state index is -4.61. The second kappa shape index (κ2) is 18.4. The molecule has 8 rings (SSSR count). The summed E-state index contributed by atoms with van der Waals surface area (Å²) in [4.78, 5) is 46.7. The number of nitrogens with zero attached hydrogens (tertiary/aromatic N) is 14. The normalized spacial score (nSPS) is 19.2. The van der Waals surface area contributed by atoms with Crippen LogP contribution in [-0.4, -0.2) is 195 Å². The number of anilines is 8. The van der Waals surface area contributed by atoms with Crippen LogP contribution in [0.4, 0.5) is 47.1 Å². The molecular weight excluding hydrogens is 797 g/mol. The lowest BCUT2D eigenvalue weighted by Crippen LogP contribution is -2.46. The molecule has 3 N–H and O–H groups in total. The Labute approximate surface area is 358 Å². The number of piperazine rings is 4. The maximum Gasteiger partial charge on any atom is 0.295 e. The van der Waals surface area contributed by atoms with Gasteiger partial charge in [-0.1, -0.05) is 24.3 Å². The van der Waals surface area contributed by atoms with Crippen LogP contribution >= 0.6 is 0 Å². The van der Waals surface area contributed by atoms with Gasteiger partial charge < -0.3 is 49.8 Å². The van der Waals surface area contributed by atoms with Crippen molar-refractivity contribution in [3.8, 4) is 0 Å². The highest BCUT2D eigenvalue weighted by atomic mass is 32.2. The first-order valence-electron chi connectivity index (χ1n) is 21.0. The Bertz CT molecular complexity index is 2220. The van der Waals surface area contributed by atoms with Crippen molar-refractivity contribution in [2.45, 2.75) is 11.8 Å².